The number of aliphatic carboxylic acids is 1. The van der Waals surface area contributed by atoms with Crippen LogP contribution in [0.2, 0.25) is 0 Å². The Morgan fingerprint density at radius 1 is 1.40 bits per heavy atom. The molecule has 0 aliphatic carbocycles. The second-order valence-electron chi connectivity index (χ2n) is 5.68. The maximum atomic E-state index is 12.3. The minimum atomic E-state index is -1.04. The predicted octanol–water partition coefficient (Wildman–Crippen LogP) is 3.20. The van der Waals surface area contributed by atoms with Gasteiger partial charge in [-0.15, -0.1) is 0 Å². The van der Waals surface area contributed by atoms with Crippen molar-refractivity contribution < 1.29 is 19.4 Å². The van der Waals surface area contributed by atoms with E-state index in [1.807, 2.05) is 6.07 Å². The van der Waals surface area contributed by atoms with E-state index in [1.165, 1.54) is 4.90 Å². The molecule has 1 heterocycles. The minimum Gasteiger partial charge on any atom is -0.480 e. The standard InChI is InChI=1S/C14H16BrNO4/c1-14(2,3)20-13(19)16-10-5-4-9(15)6-8(10)7-11(16)12(17)18/h4-6,11H,7H2,1-3H3,(H,17,18). The van der Waals surface area contributed by atoms with Crippen molar-refractivity contribution in [1.29, 1.82) is 0 Å². The van der Waals surface area contributed by atoms with Gasteiger partial charge < -0.3 is 9.84 Å². The van der Waals surface area contributed by atoms with Crippen LogP contribution in [0.1, 0.15) is 26.3 Å². The molecule has 2 rings (SSSR count). The first-order valence-electron chi connectivity index (χ1n) is 6.22. The lowest BCUT2D eigenvalue weighted by molar-refractivity contribution is -0.138. The highest BCUT2D eigenvalue weighted by Crippen LogP contribution is 2.35. The molecule has 5 nitrogen and oxygen atoms in total. The topological polar surface area (TPSA) is 66.8 Å². The molecule has 0 fully saturated rings. The molecule has 1 unspecified atom stereocenters. The fraction of sp³-hybridized carbons (Fsp3) is 0.429. The number of benzene rings is 1. The number of hydrogen-bond acceptors (Lipinski definition) is 3. The van der Waals surface area contributed by atoms with Crippen LogP contribution in [0.25, 0.3) is 0 Å². The van der Waals surface area contributed by atoms with E-state index < -0.39 is 23.7 Å². The van der Waals surface area contributed by atoms with E-state index in [-0.39, 0.29) is 6.42 Å². The highest BCUT2D eigenvalue weighted by molar-refractivity contribution is 9.10. The Labute approximate surface area is 125 Å². The molecule has 0 spiro atoms. The molecule has 0 saturated carbocycles. The third kappa shape index (κ3) is 2.95. The van der Waals surface area contributed by atoms with Gasteiger partial charge in [-0.25, -0.2) is 9.59 Å². The van der Waals surface area contributed by atoms with E-state index in [2.05, 4.69) is 15.9 Å². The fourth-order valence-corrected chi connectivity index (χ4v) is 2.56. The fourth-order valence-electron chi connectivity index (χ4n) is 2.15. The number of carboxylic acids is 1. The van der Waals surface area contributed by atoms with Crippen molar-refractivity contribution in [3.63, 3.8) is 0 Å². The molecule has 1 N–H and O–H groups in total. The summed E-state index contributed by atoms with van der Waals surface area (Å²) in [6.45, 7) is 5.25. The maximum Gasteiger partial charge on any atom is 0.415 e. The van der Waals surface area contributed by atoms with Crippen LogP contribution in [0.3, 0.4) is 0 Å². The summed E-state index contributed by atoms with van der Waals surface area (Å²) in [6, 6.07) is 4.41. The minimum absolute atomic E-state index is 0.281. The molecular weight excluding hydrogens is 326 g/mol. The van der Waals surface area contributed by atoms with Crippen LogP contribution >= 0.6 is 15.9 Å². The van der Waals surface area contributed by atoms with Gasteiger partial charge in [0.05, 0.1) is 5.69 Å². The van der Waals surface area contributed by atoms with Crippen LogP contribution in [0.4, 0.5) is 10.5 Å². The summed E-state index contributed by atoms with van der Waals surface area (Å²) in [6.07, 6.45) is -0.352. The number of rotatable bonds is 1. The van der Waals surface area contributed by atoms with Crippen LogP contribution in [0.15, 0.2) is 22.7 Å². The molecule has 0 aromatic heterocycles. The van der Waals surface area contributed by atoms with Crippen LogP contribution in [-0.2, 0) is 16.0 Å². The van der Waals surface area contributed by atoms with Crippen molar-refractivity contribution in [2.75, 3.05) is 4.90 Å². The number of fused-ring (bicyclic) bond motifs is 1. The van der Waals surface area contributed by atoms with Gasteiger partial charge in [0.15, 0.2) is 0 Å². The summed E-state index contributed by atoms with van der Waals surface area (Å²) in [7, 11) is 0. The van der Waals surface area contributed by atoms with E-state index in [4.69, 9.17) is 4.74 Å². The molecule has 1 aliphatic heterocycles. The van der Waals surface area contributed by atoms with Gasteiger partial charge in [-0.3, -0.25) is 4.90 Å². The Hall–Kier alpha value is -1.56. The average Bonchev–Trinajstić information content (AvgIpc) is 2.64. The van der Waals surface area contributed by atoms with Gasteiger partial charge >= 0.3 is 12.1 Å². The second kappa shape index (κ2) is 5.09. The molecule has 108 valence electrons. The van der Waals surface area contributed by atoms with E-state index in [1.54, 1.807) is 32.9 Å². The number of amides is 1. The third-order valence-corrected chi connectivity index (χ3v) is 3.39. The molecule has 0 radical (unpaired) electrons. The molecule has 6 heteroatoms. The number of carbonyl (C=O) groups excluding carboxylic acids is 1. The van der Waals surface area contributed by atoms with Crippen LogP contribution in [0, 0.1) is 0 Å². The normalized spacial score (nSPS) is 17.8. The number of carboxylic acid groups (broad SMARTS) is 1. The van der Waals surface area contributed by atoms with Crippen molar-refractivity contribution in [3.8, 4) is 0 Å². The number of nitrogens with zero attached hydrogens (tertiary/aromatic N) is 1. The second-order valence-corrected chi connectivity index (χ2v) is 6.60. The Morgan fingerprint density at radius 2 is 2.05 bits per heavy atom. The SMILES string of the molecule is CC(C)(C)OC(=O)N1c2ccc(Br)cc2CC1C(=O)O. The lowest BCUT2D eigenvalue weighted by atomic mass is 10.1. The summed E-state index contributed by atoms with van der Waals surface area (Å²) in [4.78, 5) is 24.8. The Kier molecular flexibility index (Phi) is 3.77. The third-order valence-electron chi connectivity index (χ3n) is 2.90. The molecule has 0 saturated heterocycles. The van der Waals surface area contributed by atoms with Crippen molar-refractivity contribution in [2.24, 2.45) is 0 Å². The predicted molar refractivity (Wildman–Crippen MR) is 78.0 cm³/mol. The van der Waals surface area contributed by atoms with Gasteiger partial charge in [0, 0.05) is 10.9 Å². The van der Waals surface area contributed by atoms with E-state index in [0.29, 0.717) is 5.69 Å². The van der Waals surface area contributed by atoms with E-state index >= 15 is 0 Å². The number of ether oxygens (including phenoxy) is 1. The first-order valence-corrected chi connectivity index (χ1v) is 7.02. The van der Waals surface area contributed by atoms with Crippen LogP contribution in [-0.4, -0.2) is 28.8 Å². The number of halogens is 1. The van der Waals surface area contributed by atoms with E-state index in [0.717, 1.165) is 10.0 Å². The van der Waals surface area contributed by atoms with E-state index in [9.17, 15) is 14.7 Å². The van der Waals surface area contributed by atoms with Gasteiger partial charge in [0.25, 0.3) is 0 Å². The molecular formula is C14H16BrNO4. The maximum absolute atomic E-state index is 12.3. The first-order chi connectivity index (χ1) is 9.19. The summed E-state index contributed by atoms with van der Waals surface area (Å²) >= 11 is 3.35. The molecule has 20 heavy (non-hydrogen) atoms. The molecule has 1 aliphatic rings. The lowest BCUT2D eigenvalue weighted by Crippen LogP contribution is -2.45. The van der Waals surface area contributed by atoms with Crippen molar-refractivity contribution in [3.05, 3.63) is 28.2 Å². The highest BCUT2D eigenvalue weighted by Gasteiger charge is 2.40. The van der Waals surface area contributed by atoms with Crippen LogP contribution in [0.5, 0.6) is 0 Å². The van der Waals surface area contributed by atoms with Gasteiger partial charge in [-0.2, -0.15) is 0 Å². The molecule has 0 bridgehead atoms. The first kappa shape index (κ1) is 14.8. The Bertz CT molecular complexity index is 565. The zero-order valence-corrected chi connectivity index (χ0v) is 13.1. The largest absolute Gasteiger partial charge is 0.480 e. The summed E-state index contributed by atoms with van der Waals surface area (Å²) < 4.78 is 6.15. The smallest absolute Gasteiger partial charge is 0.415 e. The molecule has 1 atom stereocenters. The Balaban J connectivity index is 2.38. The quantitative estimate of drug-likeness (QED) is 0.851. The monoisotopic (exact) mass is 341 g/mol. The number of anilines is 1. The molecule has 1 aromatic carbocycles. The molecule has 1 amide bonds. The summed E-state index contributed by atoms with van der Waals surface area (Å²) in [5.41, 5.74) is 0.741. The van der Waals surface area contributed by atoms with Crippen molar-refractivity contribution >= 4 is 33.7 Å². The lowest BCUT2D eigenvalue weighted by Gasteiger charge is -2.27. The van der Waals surface area contributed by atoms with Gasteiger partial charge in [0.1, 0.15) is 11.6 Å². The van der Waals surface area contributed by atoms with Crippen molar-refractivity contribution in [2.45, 2.75) is 38.8 Å². The number of hydrogen-bond donors (Lipinski definition) is 1. The van der Waals surface area contributed by atoms with Gasteiger partial charge in [-0.05, 0) is 44.5 Å². The van der Waals surface area contributed by atoms with Gasteiger partial charge in [0.2, 0.25) is 0 Å². The summed E-state index contributed by atoms with van der Waals surface area (Å²) in [5.74, 6) is -1.04. The average molecular weight is 342 g/mol. The van der Waals surface area contributed by atoms with Gasteiger partial charge in [-0.1, -0.05) is 15.9 Å². The highest BCUT2D eigenvalue weighted by atomic mass is 79.9. The summed E-state index contributed by atoms with van der Waals surface area (Å²) in [5, 5.41) is 9.31. The number of carbonyl (C=O) groups is 2. The Morgan fingerprint density at radius 3 is 2.60 bits per heavy atom. The molecule has 1 aromatic rings. The van der Waals surface area contributed by atoms with Crippen molar-refractivity contribution in [1.82, 2.24) is 0 Å². The zero-order valence-electron chi connectivity index (χ0n) is 11.5. The zero-order chi connectivity index (χ0) is 15.1. The van der Waals surface area contributed by atoms with Crippen LogP contribution < -0.4 is 4.90 Å².